The fraction of sp³-hybridized carbons (Fsp3) is 0.286. The minimum atomic E-state index is -0.918. The van der Waals surface area contributed by atoms with E-state index in [0.717, 1.165) is 5.56 Å². The van der Waals surface area contributed by atoms with Gasteiger partial charge in [0.15, 0.2) is 0 Å². The van der Waals surface area contributed by atoms with Crippen molar-refractivity contribution in [3.05, 3.63) is 71.0 Å². The summed E-state index contributed by atoms with van der Waals surface area (Å²) in [5.74, 6) is -1.81. The van der Waals surface area contributed by atoms with Crippen molar-refractivity contribution < 1.29 is 14.0 Å². The highest BCUT2D eigenvalue weighted by Crippen LogP contribution is 2.29. The Morgan fingerprint density at radius 1 is 1.19 bits per heavy atom. The summed E-state index contributed by atoms with van der Waals surface area (Å²) in [6, 6.07) is 14.1. The second-order valence-electron chi connectivity index (χ2n) is 6.74. The van der Waals surface area contributed by atoms with E-state index >= 15 is 0 Å². The van der Waals surface area contributed by atoms with Crippen molar-refractivity contribution in [2.24, 2.45) is 0 Å². The molecule has 2 aromatic rings. The van der Waals surface area contributed by atoms with Crippen molar-refractivity contribution in [3.63, 3.8) is 0 Å². The molecule has 0 spiro atoms. The molecule has 0 bridgehead atoms. The topological polar surface area (TPSA) is 73.2 Å². The molecule has 2 amide bonds. The van der Waals surface area contributed by atoms with Gasteiger partial charge in [0, 0.05) is 24.9 Å². The molecular formula is C21H20FN3O2. The van der Waals surface area contributed by atoms with Gasteiger partial charge in [0.05, 0.1) is 11.6 Å². The van der Waals surface area contributed by atoms with Crippen molar-refractivity contribution in [3.8, 4) is 6.07 Å². The molecule has 0 radical (unpaired) electrons. The largest absolute Gasteiger partial charge is 0.342 e. The Labute approximate surface area is 157 Å². The molecule has 5 nitrogen and oxygen atoms in total. The first-order chi connectivity index (χ1) is 12.9. The number of rotatable bonds is 4. The number of carbonyl (C=O) groups is 2. The van der Waals surface area contributed by atoms with Gasteiger partial charge in [0.25, 0.3) is 0 Å². The molecule has 0 aliphatic carbocycles. The number of hydrogen-bond acceptors (Lipinski definition) is 3. The second-order valence-corrected chi connectivity index (χ2v) is 6.74. The van der Waals surface area contributed by atoms with E-state index in [1.807, 2.05) is 36.4 Å². The molecule has 1 aliphatic rings. The Kier molecular flexibility index (Phi) is 5.22. The highest BCUT2D eigenvalue weighted by Gasteiger charge is 2.42. The number of carbonyl (C=O) groups excluding carboxylic acids is 2. The van der Waals surface area contributed by atoms with Gasteiger partial charge in [-0.2, -0.15) is 5.26 Å². The van der Waals surface area contributed by atoms with Crippen molar-refractivity contribution in [2.45, 2.75) is 31.3 Å². The number of nitrogens with one attached hydrogen (secondary N) is 1. The number of hydrogen-bond donors (Lipinski definition) is 1. The fourth-order valence-corrected chi connectivity index (χ4v) is 3.53. The maximum Gasteiger partial charge on any atom is 0.246 e. The van der Waals surface area contributed by atoms with Crippen LogP contribution in [0.4, 0.5) is 4.39 Å². The Balaban J connectivity index is 1.85. The molecular weight excluding hydrogens is 345 g/mol. The normalized spacial score (nSPS) is 20.7. The Morgan fingerprint density at radius 2 is 1.89 bits per heavy atom. The van der Waals surface area contributed by atoms with Crippen LogP contribution in [0.25, 0.3) is 0 Å². The predicted molar refractivity (Wildman–Crippen MR) is 98.2 cm³/mol. The van der Waals surface area contributed by atoms with Crippen LogP contribution in [0.3, 0.4) is 0 Å². The number of halogens is 1. The number of nitriles is 1. The van der Waals surface area contributed by atoms with E-state index in [2.05, 4.69) is 5.32 Å². The smallest absolute Gasteiger partial charge is 0.246 e. The third-order valence-electron chi connectivity index (χ3n) is 5.08. The zero-order valence-electron chi connectivity index (χ0n) is 15.1. The first kappa shape index (κ1) is 18.6. The average molecular weight is 365 g/mol. The van der Waals surface area contributed by atoms with Crippen LogP contribution in [0.2, 0.25) is 0 Å². The van der Waals surface area contributed by atoms with Crippen LogP contribution in [0.1, 0.15) is 29.5 Å². The summed E-state index contributed by atoms with van der Waals surface area (Å²) in [5, 5.41) is 12.0. The summed E-state index contributed by atoms with van der Waals surface area (Å²) in [4.78, 5) is 27.0. The van der Waals surface area contributed by atoms with Gasteiger partial charge in [0.2, 0.25) is 11.8 Å². The maximum atomic E-state index is 14.3. The van der Waals surface area contributed by atoms with Gasteiger partial charge >= 0.3 is 0 Å². The van der Waals surface area contributed by atoms with Gasteiger partial charge in [-0.3, -0.25) is 9.59 Å². The molecule has 138 valence electrons. The first-order valence-electron chi connectivity index (χ1n) is 8.73. The van der Waals surface area contributed by atoms with E-state index in [-0.39, 0.29) is 22.9 Å². The molecule has 1 fully saturated rings. The average Bonchev–Trinajstić information content (AvgIpc) is 2.68. The Morgan fingerprint density at radius 3 is 2.56 bits per heavy atom. The molecule has 3 rings (SSSR count). The molecule has 1 heterocycles. The summed E-state index contributed by atoms with van der Waals surface area (Å²) in [6.07, 6.45) is 0.402. The van der Waals surface area contributed by atoms with Crippen LogP contribution >= 0.6 is 0 Å². The van der Waals surface area contributed by atoms with Gasteiger partial charge in [0.1, 0.15) is 17.9 Å². The van der Waals surface area contributed by atoms with E-state index in [4.69, 9.17) is 0 Å². The lowest BCUT2D eigenvalue weighted by Gasteiger charge is -2.39. The minimum Gasteiger partial charge on any atom is -0.342 e. The molecule has 0 saturated carbocycles. The molecule has 6 heteroatoms. The molecule has 3 unspecified atom stereocenters. The molecule has 27 heavy (non-hydrogen) atoms. The van der Waals surface area contributed by atoms with Crippen LogP contribution in [-0.4, -0.2) is 35.8 Å². The van der Waals surface area contributed by atoms with Crippen LogP contribution in [0.5, 0.6) is 0 Å². The van der Waals surface area contributed by atoms with E-state index in [1.165, 1.54) is 23.1 Å². The zero-order chi connectivity index (χ0) is 19.6. The molecule has 2 aromatic carbocycles. The van der Waals surface area contributed by atoms with Gasteiger partial charge in [-0.25, -0.2) is 4.39 Å². The van der Waals surface area contributed by atoms with Crippen LogP contribution in [0.15, 0.2) is 48.5 Å². The lowest BCUT2D eigenvalue weighted by Crippen LogP contribution is -2.64. The van der Waals surface area contributed by atoms with Crippen molar-refractivity contribution >= 4 is 11.8 Å². The SMILES string of the molecule is CC(c1c(F)cccc1C#N)C1NC(=O)C(Cc2ccccc2)N(C)C1=O. The quantitative estimate of drug-likeness (QED) is 0.904. The van der Waals surface area contributed by atoms with Gasteiger partial charge in [-0.15, -0.1) is 0 Å². The van der Waals surface area contributed by atoms with Gasteiger partial charge < -0.3 is 10.2 Å². The lowest BCUT2D eigenvalue weighted by atomic mass is 9.86. The third kappa shape index (κ3) is 3.54. The number of benzene rings is 2. The van der Waals surface area contributed by atoms with Crippen LogP contribution in [0, 0.1) is 17.1 Å². The highest BCUT2D eigenvalue weighted by molar-refractivity contribution is 5.97. The number of nitrogens with zero attached hydrogens (tertiary/aromatic N) is 2. The van der Waals surface area contributed by atoms with Gasteiger partial charge in [-0.05, 0) is 17.7 Å². The molecule has 0 aromatic heterocycles. The predicted octanol–water partition coefficient (Wildman–Crippen LogP) is 2.37. The van der Waals surface area contributed by atoms with Gasteiger partial charge in [-0.1, -0.05) is 43.3 Å². The number of piperazine rings is 1. The highest BCUT2D eigenvalue weighted by atomic mass is 19.1. The monoisotopic (exact) mass is 365 g/mol. The minimum absolute atomic E-state index is 0.147. The van der Waals surface area contributed by atoms with E-state index < -0.39 is 23.8 Å². The summed E-state index contributed by atoms with van der Waals surface area (Å²) in [5.41, 5.74) is 1.26. The van der Waals surface area contributed by atoms with Crippen molar-refractivity contribution in [1.82, 2.24) is 10.2 Å². The van der Waals surface area contributed by atoms with Crippen LogP contribution < -0.4 is 5.32 Å². The second kappa shape index (κ2) is 7.58. The summed E-state index contributed by atoms with van der Waals surface area (Å²) < 4.78 is 14.3. The van der Waals surface area contributed by atoms with Crippen LogP contribution in [-0.2, 0) is 16.0 Å². The standard InChI is InChI=1S/C21H20FN3O2/c1-13(18-15(12-23)9-6-10-16(18)22)19-21(27)25(2)17(20(26)24-19)11-14-7-4-3-5-8-14/h3-10,13,17,19H,11H2,1-2H3,(H,24,26). The zero-order valence-corrected chi connectivity index (χ0v) is 15.1. The van der Waals surface area contributed by atoms with Crippen molar-refractivity contribution in [2.75, 3.05) is 7.05 Å². The van der Waals surface area contributed by atoms with E-state index in [1.54, 1.807) is 14.0 Å². The summed E-state index contributed by atoms with van der Waals surface area (Å²) >= 11 is 0. The maximum absolute atomic E-state index is 14.3. The summed E-state index contributed by atoms with van der Waals surface area (Å²) in [6.45, 7) is 1.65. The fourth-order valence-electron chi connectivity index (χ4n) is 3.53. The number of likely N-dealkylation sites (N-methyl/N-ethyl adjacent to an activating group) is 1. The lowest BCUT2D eigenvalue weighted by molar-refractivity contribution is -0.148. The molecule has 1 aliphatic heterocycles. The van der Waals surface area contributed by atoms with E-state index in [0.29, 0.717) is 6.42 Å². The Hall–Kier alpha value is -3.20. The third-order valence-corrected chi connectivity index (χ3v) is 5.08. The molecule has 1 saturated heterocycles. The summed E-state index contributed by atoms with van der Waals surface area (Å²) in [7, 11) is 1.58. The van der Waals surface area contributed by atoms with E-state index in [9.17, 15) is 19.2 Å². The van der Waals surface area contributed by atoms with Crippen molar-refractivity contribution in [1.29, 1.82) is 5.26 Å². The number of amides is 2. The molecule has 1 N–H and O–H groups in total. The Bertz CT molecular complexity index is 907. The first-order valence-corrected chi connectivity index (χ1v) is 8.73. The molecule has 3 atom stereocenters.